The first-order chi connectivity index (χ1) is 15.1. The first kappa shape index (κ1) is 21.5. The molecule has 0 unspecified atom stereocenters. The lowest BCUT2D eigenvalue weighted by atomic mass is 9.57. The van der Waals surface area contributed by atoms with Crippen molar-refractivity contribution in [2.75, 3.05) is 26.7 Å². The van der Waals surface area contributed by atoms with Crippen LogP contribution in [-0.4, -0.2) is 54.6 Å². The quantitative estimate of drug-likeness (QED) is 0.648. The molecule has 0 amide bonds. The number of esters is 1. The van der Waals surface area contributed by atoms with Gasteiger partial charge in [-0.15, -0.1) is 0 Å². The van der Waals surface area contributed by atoms with Crippen molar-refractivity contribution in [3.05, 3.63) is 35.9 Å². The molecule has 0 N–H and O–H groups in total. The molecule has 2 aliphatic carbocycles. The summed E-state index contributed by atoms with van der Waals surface area (Å²) in [7, 11) is 2.35. The smallest absolute Gasteiger partial charge is 0.309 e. The minimum Gasteiger partial charge on any atom is -0.462 e. The number of hydrogen-bond acceptors (Lipinski definition) is 4. The van der Waals surface area contributed by atoms with E-state index in [1.54, 1.807) is 0 Å². The lowest BCUT2D eigenvalue weighted by molar-refractivity contribution is -0.144. The molecule has 1 aromatic carbocycles. The van der Waals surface area contributed by atoms with Gasteiger partial charge in [0.25, 0.3) is 0 Å². The molecule has 2 saturated heterocycles. The van der Waals surface area contributed by atoms with Gasteiger partial charge in [-0.25, -0.2) is 0 Å². The Morgan fingerprint density at radius 1 is 1.10 bits per heavy atom. The van der Waals surface area contributed by atoms with E-state index in [9.17, 15) is 4.79 Å². The SMILES string of the molecule is C[C@@H]1OC(=O)[C@H]2C[C@H]3CCCC[C@@H]3[C@@H](CN(C)[C@H]3CCCN(Cc4ccccc4)C3)[C@@H]12. The van der Waals surface area contributed by atoms with Crippen molar-refractivity contribution in [2.24, 2.45) is 29.6 Å². The van der Waals surface area contributed by atoms with Crippen LogP contribution in [-0.2, 0) is 16.1 Å². The summed E-state index contributed by atoms with van der Waals surface area (Å²) in [5.41, 5.74) is 1.42. The van der Waals surface area contributed by atoms with Crippen molar-refractivity contribution >= 4 is 5.97 Å². The van der Waals surface area contributed by atoms with E-state index in [1.807, 2.05) is 0 Å². The molecular formula is C27H40N2O2. The Kier molecular flexibility index (Phi) is 6.39. The largest absolute Gasteiger partial charge is 0.462 e. The molecule has 0 radical (unpaired) electrons. The Bertz CT molecular complexity index is 753. The van der Waals surface area contributed by atoms with Gasteiger partial charge < -0.3 is 9.64 Å². The summed E-state index contributed by atoms with van der Waals surface area (Å²) in [5, 5.41) is 0. The zero-order valence-electron chi connectivity index (χ0n) is 19.4. The lowest BCUT2D eigenvalue weighted by Gasteiger charge is -2.49. The summed E-state index contributed by atoms with van der Waals surface area (Å²) < 4.78 is 5.79. The van der Waals surface area contributed by atoms with Crippen molar-refractivity contribution in [1.29, 1.82) is 0 Å². The van der Waals surface area contributed by atoms with Crippen molar-refractivity contribution in [3.63, 3.8) is 0 Å². The van der Waals surface area contributed by atoms with Crippen LogP contribution in [0.3, 0.4) is 0 Å². The molecule has 170 valence electrons. The van der Waals surface area contributed by atoms with Crippen LogP contribution in [0.4, 0.5) is 0 Å². The predicted octanol–water partition coefficient (Wildman–Crippen LogP) is 4.59. The summed E-state index contributed by atoms with van der Waals surface area (Å²) in [6, 6.07) is 11.5. The molecule has 0 aromatic heterocycles. The van der Waals surface area contributed by atoms with E-state index < -0.39 is 0 Å². The monoisotopic (exact) mass is 424 g/mol. The second kappa shape index (κ2) is 9.23. The predicted molar refractivity (Wildman–Crippen MR) is 123 cm³/mol. The number of hydrogen-bond donors (Lipinski definition) is 0. The average molecular weight is 425 g/mol. The van der Waals surface area contributed by atoms with E-state index in [2.05, 4.69) is 54.1 Å². The van der Waals surface area contributed by atoms with Crippen LogP contribution in [0.1, 0.15) is 57.4 Å². The molecule has 1 aromatic rings. The fourth-order valence-electron chi connectivity index (χ4n) is 7.55. The van der Waals surface area contributed by atoms with Gasteiger partial charge in [-0.3, -0.25) is 9.69 Å². The van der Waals surface area contributed by atoms with Crippen molar-refractivity contribution in [1.82, 2.24) is 9.80 Å². The van der Waals surface area contributed by atoms with Crippen molar-refractivity contribution in [2.45, 2.75) is 70.6 Å². The Labute approximate surface area is 188 Å². The molecule has 4 fully saturated rings. The Morgan fingerprint density at radius 2 is 1.90 bits per heavy atom. The molecule has 2 heterocycles. The highest BCUT2D eigenvalue weighted by Crippen LogP contribution is 2.53. The molecule has 0 spiro atoms. The number of likely N-dealkylation sites (tertiary alicyclic amines) is 1. The van der Waals surface area contributed by atoms with Gasteiger partial charge >= 0.3 is 5.97 Å². The van der Waals surface area contributed by atoms with Crippen molar-refractivity contribution in [3.8, 4) is 0 Å². The van der Waals surface area contributed by atoms with E-state index in [-0.39, 0.29) is 18.0 Å². The Morgan fingerprint density at radius 3 is 2.74 bits per heavy atom. The van der Waals surface area contributed by atoms with Crippen LogP contribution < -0.4 is 0 Å². The highest BCUT2D eigenvalue weighted by Gasteiger charge is 2.54. The van der Waals surface area contributed by atoms with Gasteiger partial charge in [-0.05, 0) is 69.5 Å². The fraction of sp³-hybridized carbons (Fsp3) is 0.741. The van der Waals surface area contributed by atoms with Crippen LogP contribution in [0.15, 0.2) is 30.3 Å². The van der Waals surface area contributed by atoms with E-state index in [0.29, 0.717) is 17.9 Å². The summed E-state index contributed by atoms with van der Waals surface area (Å²) in [5.74, 6) is 2.83. The van der Waals surface area contributed by atoms with Crippen LogP contribution in [0.25, 0.3) is 0 Å². The summed E-state index contributed by atoms with van der Waals surface area (Å²) in [6.07, 6.45) is 9.16. The standard InChI is InChI=1S/C27H40N2O2/c1-19-26-24(27(30)31-19)15-21-11-6-7-13-23(21)25(26)18-28(2)22-12-8-14-29(17-22)16-20-9-4-3-5-10-20/h3-5,9-10,19,21-26H,6-8,11-18H2,1-2H3/t19-,21+,22-,23-,24-,25+,26-/m0/s1. The molecule has 2 saturated carbocycles. The molecule has 4 aliphatic rings. The van der Waals surface area contributed by atoms with Crippen LogP contribution in [0.5, 0.6) is 0 Å². The average Bonchev–Trinajstić information content (AvgIpc) is 3.07. The van der Waals surface area contributed by atoms with Gasteiger partial charge in [0.05, 0.1) is 5.92 Å². The third-order valence-corrected chi connectivity index (χ3v) is 9.03. The van der Waals surface area contributed by atoms with Gasteiger partial charge in [0.1, 0.15) is 6.10 Å². The fourth-order valence-corrected chi connectivity index (χ4v) is 7.55. The second-order valence-electron chi connectivity index (χ2n) is 10.9. The Balaban J connectivity index is 1.27. The van der Waals surface area contributed by atoms with Crippen LogP contribution in [0, 0.1) is 29.6 Å². The molecule has 0 bridgehead atoms. The van der Waals surface area contributed by atoms with Crippen LogP contribution in [0.2, 0.25) is 0 Å². The molecule has 7 atom stereocenters. The van der Waals surface area contributed by atoms with Gasteiger partial charge in [-0.2, -0.15) is 0 Å². The van der Waals surface area contributed by atoms with Gasteiger partial charge in [0.15, 0.2) is 0 Å². The summed E-state index contributed by atoms with van der Waals surface area (Å²) >= 11 is 0. The number of likely N-dealkylation sites (N-methyl/N-ethyl adjacent to an activating group) is 1. The minimum absolute atomic E-state index is 0.0970. The third-order valence-electron chi connectivity index (χ3n) is 9.03. The number of rotatable bonds is 5. The maximum atomic E-state index is 12.6. The molecule has 4 heteroatoms. The molecular weight excluding hydrogens is 384 g/mol. The van der Waals surface area contributed by atoms with E-state index in [0.717, 1.165) is 37.9 Å². The van der Waals surface area contributed by atoms with Crippen molar-refractivity contribution < 1.29 is 9.53 Å². The Hall–Kier alpha value is -1.39. The number of carbonyl (C=O) groups is 1. The third kappa shape index (κ3) is 4.43. The number of benzene rings is 1. The van der Waals surface area contributed by atoms with Gasteiger partial charge in [0, 0.05) is 31.6 Å². The zero-order valence-corrected chi connectivity index (χ0v) is 19.4. The minimum atomic E-state index is 0.0970. The zero-order chi connectivity index (χ0) is 21.4. The maximum Gasteiger partial charge on any atom is 0.309 e. The summed E-state index contributed by atoms with van der Waals surface area (Å²) in [6.45, 7) is 6.71. The van der Waals surface area contributed by atoms with Gasteiger partial charge in [0.2, 0.25) is 0 Å². The normalized spacial score (nSPS) is 38.5. The van der Waals surface area contributed by atoms with Gasteiger partial charge in [-0.1, -0.05) is 49.6 Å². The number of fused-ring (bicyclic) bond motifs is 2. The second-order valence-corrected chi connectivity index (χ2v) is 10.9. The lowest BCUT2D eigenvalue weighted by Crippen LogP contribution is -2.52. The van der Waals surface area contributed by atoms with E-state index in [1.165, 1.54) is 50.6 Å². The molecule has 4 nitrogen and oxygen atoms in total. The number of ether oxygens (including phenoxy) is 1. The number of cyclic esters (lactones) is 1. The number of carbonyl (C=O) groups excluding carboxylic acids is 1. The number of piperidine rings is 1. The highest BCUT2D eigenvalue weighted by molar-refractivity contribution is 5.75. The molecule has 2 aliphatic heterocycles. The highest BCUT2D eigenvalue weighted by atomic mass is 16.6. The van der Waals surface area contributed by atoms with E-state index in [4.69, 9.17) is 4.74 Å². The first-order valence-electron chi connectivity index (χ1n) is 12.8. The van der Waals surface area contributed by atoms with E-state index >= 15 is 0 Å². The summed E-state index contributed by atoms with van der Waals surface area (Å²) in [4.78, 5) is 17.9. The van der Waals surface area contributed by atoms with Crippen LogP contribution >= 0.6 is 0 Å². The maximum absolute atomic E-state index is 12.6. The molecule has 5 rings (SSSR count). The number of nitrogens with zero attached hydrogens (tertiary/aromatic N) is 2. The first-order valence-corrected chi connectivity index (χ1v) is 12.8. The topological polar surface area (TPSA) is 32.8 Å². The molecule has 31 heavy (non-hydrogen) atoms.